The molecule has 0 fully saturated rings. The van der Waals surface area contributed by atoms with Crippen molar-refractivity contribution in [1.29, 1.82) is 0 Å². The zero-order valence-electron chi connectivity index (χ0n) is 15.0. The van der Waals surface area contributed by atoms with Gasteiger partial charge in [0.2, 0.25) is 0 Å². The first kappa shape index (κ1) is 18.4. The average Bonchev–Trinajstić information content (AvgIpc) is 2.56. The predicted octanol–water partition coefficient (Wildman–Crippen LogP) is 3.38. The second kappa shape index (κ2) is 7.75. The summed E-state index contributed by atoms with van der Waals surface area (Å²) < 4.78 is 0. The Morgan fingerprint density at radius 2 is 1.60 bits per heavy atom. The number of benzene rings is 2. The van der Waals surface area contributed by atoms with Crippen LogP contribution in [0.3, 0.4) is 0 Å². The summed E-state index contributed by atoms with van der Waals surface area (Å²) >= 11 is 0. The van der Waals surface area contributed by atoms with Crippen LogP contribution >= 0.6 is 0 Å². The van der Waals surface area contributed by atoms with E-state index < -0.39 is 11.8 Å². The molecule has 2 aromatic rings. The third-order valence-electron chi connectivity index (χ3n) is 3.76. The van der Waals surface area contributed by atoms with Gasteiger partial charge >= 0.3 is 11.8 Å². The van der Waals surface area contributed by atoms with Gasteiger partial charge in [-0.2, -0.15) is 5.10 Å². The first-order chi connectivity index (χ1) is 11.8. The fraction of sp³-hybridized carbons (Fsp3) is 0.250. The molecule has 130 valence electrons. The maximum absolute atomic E-state index is 11.9. The van der Waals surface area contributed by atoms with Gasteiger partial charge in [-0.1, -0.05) is 63.2 Å². The summed E-state index contributed by atoms with van der Waals surface area (Å²) in [6, 6.07) is 15.1. The van der Waals surface area contributed by atoms with Crippen molar-refractivity contribution in [3.63, 3.8) is 0 Å². The molecule has 5 heteroatoms. The molecule has 0 unspecified atom stereocenters. The van der Waals surface area contributed by atoms with Crippen molar-refractivity contribution < 1.29 is 9.59 Å². The van der Waals surface area contributed by atoms with Crippen LogP contribution in [0, 0.1) is 6.92 Å². The van der Waals surface area contributed by atoms with E-state index in [1.807, 2.05) is 43.3 Å². The minimum absolute atomic E-state index is 0.0809. The molecular formula is C20H23N3O2. The molecule has 0 spiro atoms. The van der Waals surface area contributed by atoms with E-state index in [1.165, 1.54) is 11.8 Å². The molecule has 0 saturated heterocycles. The monoisotopic (exact) mass is 337 g/mol. The fourth-order valence-electron chi connectivity index (χ4n) is 2.18. The maximum atomic E-state index is 11.9. The van der Waals surface area contributed by atoms with Crippen molar-refractivity contribution >= 4 is 23.7 Å². The molecule has 0 saturated carbocycles. The first-order valence-electron chi connectivity index (χ1n) is 8.08. The molecule has 0 bridgehead atoms. The molecule has 0 aliphatic rings. The number of nitrogens with one attached hydrogen (secondary N) is 2. The van der Waals surface area contributed by atoms with Crippen LogP contribution in [0.25, 0.3) is 0 Å². The number of hydrogen-bond acceptors (Lipinski definition) is 3. The number of aryl methyl sites for hydroxylation is 1. The van der Waals surface area contributed by atoms with E-state index in [-0.39, 0.29) is 5.41 Å². The lowest BCUT2D eigenvalue weighted by molar-refractivity contribution is -0.136. The molecule has 2 N–H and O–H groups in total. The Morgan fingerprint density at radius 1 is 0.960 bits per heavy atom. The zero-order chi connectivity index (χ0) is 18.4. The van der Waals surface area contributed by atoms with Gasteiger partial charge in [-0.05, 0) is 35.1 Å². The highest BCUT2D eigenvalue weighted by atomic mass is 16.2. The van der Waals surface area contributed by atoms with E-state index in [0.717, 1.165) is 11.1 Å². The minimum Gasteiger partial charge on any atom is -0.317 e. The lowest BCUT2D eigenvalue weighted by Crippen LogP contribution is -2.32. The smallest absolute Gasteiger partial charge is 0.317 e. The quantitative estimate of drug-likeness (QED) is 0.512. The van der Waals surface area contributed by atoms with Gasteiger partial charge in [-0.25, -0.2) is 5.43 Å². The van der Waals surface area contributed by atoms with Gasteiger partial charge in [0.25, 0.3) is 0 Å². The molecular weight excluding hydrogens is 314 g/mol. The van der Waals surface area contributed by atoms with E-state index in [1.54, 1.807) is 12.1 Å². The van der Waals surface area contributed by atoms with Crippen molar-refractivity contribution in [2.45, 2.75) is 33.1 Å². The Hall–Kier alpha value is -2.95. The maximum Gasteiger partial charge on any atom is 0.329 e. The Labute approximate surface area is 148 Å². The van der Waals surface area contributed by atoms with Crippen LogP contribution < -0.4 is 10.7 Å². The van der Waals surface area contributed by atoms with Gasteiger partial charge in [0, 0.05) is 5.69 Å². The lowest BCUT2D eigenvalue weighted by Gasteiger charge is -2.18. The number of carbonyl (C=O) groups is 2. The van der Waals surface area contributed by atoms with Crippen molar-refractivity contribution in [3.8, 4) is 0 Å². The van der Waals surface area contributed by atoms with Gasteiger partial charge in [0.1, 0.15) is 0 Å². The van der Waals surface area contributed by atoms with Crippen molar-refractivity contribution in [1.82, 2.24) is 5.43 Å². The SMILES string of the molecule is Cc1ccccc1NC(=O)C(=O)N/N=C/c1ccc(C(C)(C)C)cc1. The highest BCUT2D eigenvalue weighted by molar-refractivity contribution is 6.39. The molecule has 0 aromatic heterocycles. The summed E-state index contributed by atoms with van der Waals surface area (Å²) in [6.45, 7) is 8.28. The molecule has 2 rings (SSSR count). The predicted molar refractivity (Wildman–Crippen MR) is 101 cm³/mol. The number of hydrogen-bond donors (Lipinski definition) is 2. The molecule has 5 nitrogen and oxygen atoms in total. The van der Waals surface area contributed by atoms with Gasteiger partial charge in [-0.3, -0.25) is 9.59 Å². The van der Waals surface area contributed by atoms with Crippen molar-refractivity contribution in [3.05, 3.63) is 65.2 Å². The summed E-state index contributed by atoms with van der Waals surface area (Å²) in [4.78, 5) is 23.7. The van der Waals surface area contributed by atoms with Crippen LogP contribution in [0.2, 0.25) is 0 Å². The Bertz CT molecular complexity index is 787. The number of rotatable bonds is 3. The van der Waals surface area contributed by atoms with Gasteiger partial charge < -0.3 is 5.32 Å². The number of para-hydroxylation sites is 1. The fourth-order valence-corrected chi connectivity index (χ4v) is 2.18. The number of amides is 2. The topological polar surface area (TPSA) is 70.6 Å². The molecule has 0 atom stereocenters. The highest BCUT2D eigenvalue weighted by Crippen LogP contribution is 2.21. The second-order valence-corrected chi connectivity index (χ2v) is 6.84. The van der Waals surface area contributed by atoms with Crippen LogP contribution in [-0.4, -0.2) is 18.0 Å². The Morgan fingerprint density at radius 3 is 2.20 bits per heavy atom. The van der Waals surface area contributed by atoms with Crippen LogP contribution in [-0.2, 0) is 15.0 Å². The van der Waals surface area contributed by atoms with E-state index in [0.29, 0.717) is 5.69 Å². The number of nitrogens with zero attached hydrogens (tertiary/aromatic N) is 1. The largest absolute Gasteiger partial charge is 0.329 e. The van der Waals surface area contributed by atoms with Gasteiger partial charge in [0.05, 0.1) is 6.21 Å². The zero-order valence-corrected chi connectivity index (χ0v) is 15.0. The molecule has 25 heavy (non-hydrogen) atoms. The number of carbonyl (C=O) groups excluding carboxylic acids is 2. The molecule has 0 heterocycles. The van der Waals surface area contributed by atoms with E-state index >= 15 is 0 Å². The summed E-state index contributed by atoms with van der Waals surface area (Å²) in [6.07, 6.45) is 1.51. The normalized spacial score (nSPS) is 11.4. The average molecular weight is 337 g/mol. The first-order valence-corrected chi connectivity index (χ1v) is 8.08. The summed E-state index contributed by atoms with van der Waals surface area (Å²) in [5, 5.41) is 6.39. The van der Waals surface area contributed by atoms with Gasteiger partial charge in [-0.15, -0.1) is 0 Å². The van der Waals surface area contributed by atoms with E-state index in [2.05, 4.69) is 36.6 Å². The molecule has 0 radical (unpaired) electrons. The minimum atomic E-state index is -0.814. The van der Waals surface area contributed by atoms with E-state index in [9.17, 15) is 9.59 Å². The van der Waals surface area contributed by atoms with Crippen LogP contribution in [0.4, 0.5) is 5.69 Å². The molecule has 2 aromatic carbocycles. The van der Waals surface area contributed by atoms with Crippen LogP contribution in [0.15, 0.2) is 53.6 Å². The lowest BCUT2D eigenvalue weighted by atomic mass is 9.87. The van der Waals surface area contributed by atoms with Gasteiger partial charge in [0.15, 0.2) is 0 Å². The third-order valence-corrected chi connectivity index (χ3v) is 3.76. The van der Waals surface area contributed by atoms with E-state index in [4.69, 9.17) is 0 Å². The Balaban J connectivity index is 1.91. The van der Waals surface area contributed by atoms with Crippen molar-refractivity contribution in [2.24, 2.45) is 5.10 Å². The standard InChI is InChI=1S/C20H23N3O2/c1-14-7-5-6-8-17(14)22-18(24)19(25)23-21-13-15-9-11-16(12-10-15)20(2,3)4/h5-13H,1-4H3,(H,22,24)(H,23,25)/b21-13+. The molecule has 0 aliphatic carbocycles. The Kier molecular flexibility index (Phi) is 5.70. The third kappa shape index (κ3) is 5.28. The summed E-state index contributed by atoms with van der Waals surface area (Å²) in [7, 11) is 0. The summed E-state index contributed by atoms with van der Waals surface area (Å²) in [5.41, 5.74) is 5.85. The number of hydrazone groups is 1. The summed E-state index contributed by atoms with van der Waals surface area (Å²) in [5.74, 6) is -1.57. The van der Waals surface area contributed by atoms with Crippen LogP contribution in [0.5, 0.6) is 0 Å². The molecule has 2 amide bonds. The molecule has 0 aliphatic heterocycles. The van der Waals surface area contributed by atoms with Crippen LogP contribution in [0.1, 0.15) is 37.5 Å². The second-order valence-electron chi connectivity index (χ2n) is 6.84. The highest BCUT2D eigenvalue weighted by Gasteiger charge is 2.14. The van der Waals surface area contributed by atoms with Crippen molar-refractivity contribution in [2.75, 3.05) is 5.32 Å². The number of anilines is 1.